The molecule has 1 N–H and O–H groups in total. The number of hydrogen-bond donors (Lipinski definition) is 1. The maximum Gasteiger partial charge on any atom is 0.289 e. The number of benzene rings is 2. The summed E-state index contributed by atoms with van der Waals surface area (Å²) >= 11 is 0. The minimum absolute atomic E-state index is 0.140. The maximum atomic E-state index is 12.2. The minimum Gasteiger partial charge on any atom is -0.322 e. The Labute approximate surface area is 135 Å². The standard InChI is InChI=1S/C15H11N3O6/c1-9(19)10-2-4-11(5-3-10)16-15(20)13-7-6-12(17(21)22)8-14(13)18(23)24/h2-8H,1H3,(H,16,20). The number of non-ortho nitro benzene ring substituents is 1. The number of anilines is 1. The number of nitrogens with zero attached hydrogens (tertiary/aromatic N) is 2. The number of rotatable bonds is 5. The SMILES string of the molecule is CC(=O)c1ccc(NC(=O)c2ccc([N+](=O)[O-])cc2[N+](=O)[O-])cc1. The molecule has 0 aliphatic carbocycles. The van der Waals surface area contributed by atoms with Crippen molar-refractivity contribution in [3.63, 3.8) is 0 Å². The number of Topliss-reactive ketones (excluding diaryl/α,β-unsaturated/α-hetero) is 1. The van der Waals surface area contributed by atoms with Crippen LogP contribution in [-0.2, 0) is 0 Å². The number of nitrogens with one attached hydrogen (secondary N) is 1. The van der Waals surface area contributed by atoms with Crippen LogP contribution in [0.4, 0.5) is 17.1 Å². The molecule has 122 valence electrons. The van der Waals surface area contributed by atoms with Crippen molar-refractivity contribution in [2.24, 2.45) is 0 Å². The Morgan fingerprint density at radius 3 is 2.08 bits per heavy atom. The van der Waals surface area contributed by atoms with E-state index in [1.807, 2.05) is 0 Å². The van der Waals surface area contributed by atoms with Gasteiger partial charge < -0.3 is 5.32 Å². The van der Waals surface area contributed by atoms with E-state index in [0.29, 0.717) is 11.3 Å². The van der Waals surface area contributed by atoms with Gasteiger partial charge in [-0.2, -0.15) is 0 Å². The van der Waals surface area contributed by atoms with Crippen LogP contribution in [0, 0.1) is 20.2 Å². The molecule has 0 aliphatic heterocycles. The van der Waals surface area contributed by atoms with E-state index in [-0.39, 0.29) is 11.3 Å². The highest BCUT2D eigenvalue weighted by molar-refractivity contribution is 6.07. The molecule has 2 rings (SSSR count). The molecule has 0 bridgehead atoms. The summed E-state index contributed by atoms with van der Waals surface area (Å²) in [6.45, 7) is 1.40. The number of nitro benzene ring substituents is 2. The molecule has 0 atom stereocenters. The maximum absolute atomic E-state index is 12.2. The fraction of sp³-hybridized carbons (Fsp3) is 0.0667. The highest BCUT2D eigenvalue weighted by atomic mass is 16.6. The summed E-state index contributed by atoms with van der Waals surface area (Å²) in [5, 5.41) is 24.2. The summed E-state index contributed by atoms with van der Waals surface area (Å²) in [6, 6.07) is 8.73. The van der Waals surface area contributed by atoms with Crippen LogP contribution in [0.25, 0.3) is 0 Å². The van der Waals surface area contributed by atoms with E-state index in [4.69, 9.17) is 0 Å². The van der Waals surface area contributed by atoms with Gasteiger partial charge >= 0.3 is 0 Å². The van der Waals surface area contributed by atoms with E-state index in [1.165, 1.54) is 31.2 Å². The Morgan fingerprint density at radius 2 is 1.58 bits per heavy atom. The average molecular weight is 329 g/mol. The van der Waals surface area contributed by atoms with Crippen molar-refractivity contribution in [3.05, 3.63) is 73.8 Å². The molecule has 0 radical (unpaired) electrons. The molecule has 0 unspecified atom stereocenters. The van der Waals surface area contributed by atoms with Crippen molar-refractivity contribution >= 4 is 28.8 Å². The van der Waals surface area contributed by atoms with Crippen molar-refractivity contribution < 1.29 is 19.4 Å². The van der Waals surface area contributed by atoms with Crippen LogP contribution in [0.3, 0.4) is 0 Å². The van der Waals surface area contributed by atoms with Gasteiger partial charge in [-0.15, -0.1) is 0 Å². The van der Waals surface area contributed by atoms with Crippen LogP contribution in [0.2, 0.25) is 0 Å². The molecule has 1 amide bonds. The quantitative estimate of drug-likeness (QED) is 0.509. The second kappa shape index (κ2) is 6.65. The molecular weight excluding hydrogens is 318 g/mol. The van der Waals surface area contributed by atoms with Crippen LogP contribution in [0.5, 0.6) is 0 Å². The number of nitro groups is 2. The Morgan fingerprint density at radius 1 is 0.958 bits per heavy atom. The largest absolute Gasteiger partial charge is 0.322 e. The van der Waals surface area contributed by atoms with Crippen molar-refractivity contribution in [1.82, 2.24) is 0 Å². The topological polar surface area (TPSA) is 132 Å². The highest BCUT2D eigenvalue weighted by Gasteiger charge is 2.24. The molecule has 0 aliphatic rings. The van der Waals surface area contributed by atoms with E-state index >= 15 is 0 Å². The molecule has 24 heavy (non-hydrogen) atoms. The van der Waals surface area contributed by atoms with E-state index < -0.39 is 27.1 Å². The van der Waals surface area contributed by atoms with Crippen LogP contribution >= 0.6 is 0 Å². The first-order valence-electron chi connectivity index (χ1n) is 6.65. The number of ketones is 1. The van der Waals surface area contributed by atoms with Gasteiger partial charge in [0.25, 0.3) is 17.3 Å². The van der Waals surface area contributed by atoms with Crippen molar-refractivity contribution in [2.75, 3.05) is 5.32 Å². The summed E-state index contributed by atoms with van der Waals surface area (Å²) in [5.41, 5.74) is -0.667. The van der Waals surface area contributed by atoms with E-state index in [9.17, 15) is 29.8 Å². The molecule has 0 spiro atoms. The lowest BCUT2D eigenvalue weighted by Crippen LogP contribution is -2.14. The third-order valence-corrected chi connectivity index (χ3v) is 3.18. The van der Waals surface area contributed by atoms with Gasteiger partial charge in [-0.1, -0.05) is 0 Å². The molecule has 0 saturated carbocycles. The molecule has 9 heteroatoms. The molecule has 0 saturated heterocycles. The molecule has 2 aromatic rings. The van der Waals surface area contributed by atoms with E-state index in [0.717, 1.165) is 18.2 Å². The van der Waals surface area contributed by atoms with Gasteiger partial charge in [-0.3, -0.25) is 29.8 Å². The Bertz CT molecular complexity index is 845. The van der Waals surface area contributed by atoms with Crippen LogP contribution in [0.1, 0.15) is 27.6 Å². The zero-order chi connectivity index (χ0) is 17.9. The first kappa shape index (κ1) is 16.7. The smallest absolute Gasteiger partial charge is 0.289 e. The first-order valence-corrected chi connectivity index (χ1v) is 6.65. The first-order chi connectivity index (χ1) is 11.3. The molecule has 0 fully saturated rings. The number of hydrogen-bond acceptors (Lipinski definition) is 6. The molecule has 9 nitrogen and oxygen atoms in total. The van der Waals surface area contributed by atoms with Crippen LogP contribution < -0.4 is 5.32 Å². The van der Waals surface area contributed by atoms with Gasteiger partial charge in [0.1, 0.15) is 5.56 Å². The predicted molar refractivity (Wildman–Crippen MR) is 84.2 cm³/mol. The zero-order valence-electron chi connectivity index (χ0n) is 12.4. The second-order valence-corrected chi connectivity index (χ2v) is 4.80. The van der Waals surface area contributed by atoms with Crippen LogP contribution in [0.15, 0.2) is 42.5 Å². The summed E-state index contributed by atoms with van der Waals surface area (Å²) in [4.78, 5) is 43.5. The van der Waals surface area contributed by atoms with Crippen molar-refractivity contribution in [1.29, 1.82) is 0 Å². The number of carbonyl (C=O) groups is 2. The monoisotopic (exact) mass is 329 g/mol. The minimum atomic E-state index is -0.860. The zero-order valence-corrected chi connectivity index (χ0v) is 12.4. The van der Waals surface area contributed by atoms with Gasteiger partial charge in [-0.05, 0) is 37.3 Å². The fourth-order valence-corrected chi connectivity index (χ4v) is 1.96. The molecule has 0 aromatic heterocycles. The van der Waals surface area contributed by atoms with Gasteiger partial charge in [0.05, 0.1) is 15.9 Å². The lowest BCUT2D eigenvalue weighted by atomic mass is 10.1. The van der Waals surface area contributed by atoms with Crippen molar-refractivity contribution in [3.8, 4) is 0 Å². The van der Waals surface area contributed by atoms with E-state index in [1.54, 1.807) is 0 Å². The summed E-state index contributed by atoms with van der Waals surface area (Å²) in [5.74, 6) is -0.925. The predicted octanol–water partition coefficient (Wildman–Crippen LogP) is 2.96. The van der Waals surface area contributed by atoms with E-state index in [2.05, 4.69) is 5.32 Å². The lowest BCUT2D eigenvalue weighted by Gasteiger charge is -2.06. The Kier molecular flexibility index (Phi) is 4.64. The van der Waals surface area contributed by atoms with Gasteiger partial charge in [0.15, 0.2) is 5.78 Å². The third-order valence-electron chi connectivity index (χ3n) is 3.18. The highest BCUT2D eigenvalue weighted by Crippen LogP contribution is 2.25. The average Bonchev–Trinajstić information content (AvgIpc) is 2.54. The summed E-state index contributed by atoms with van der Waals surface area (Å²) in [6.07, 6.45) is 0. The Hall–Kier alpha value is -3.62. The third kappa shape index (κ3) is 3.58. The normalized spacial score (nSPS) is 10.0. The lowest BCUT2D eigenvalue weighted by molar-refractivity contribution is -0.394. The molecule has 0 heterocycles. The van der Waals surface area contributed by atoms with Gasteiger partial charge in [0.2, 0.25) is 0 Å². The second-order valence-electron chi connectivity index (χ2n) is 4.80. The molecule has 2 aromatic carbocycles. The summed E-state index contributed by atoms with van der Waals surface area (Å²) < 4.78 is 0. The number of amides is 1. The van der Waals surface area contributed by atoms with Gasteiger partial charge in [0, 0.05) is 17.3 Å². The number of carbonyl (C=O) groups excluding carboxylic acids is 2. The molecular formula is C15H11N3O6. The van der Waals surface area contributed by atoms with Crippen LogP contribution in [-0.4, -0.2) is 21.5 Å². The Balaban J connectivity index is 2.30. The fourth-order valence-electron chi connectivity index (χ4n) is 1.96. The van der Waals surface area contributed by atoms with Crippen molar-refractivity contribution in [2.45, 2.75) is 6.92 Å². The summed E-state index contributed by atoms with van der Waals surface area (Å²) in [7, 11) is 0. The van der Waals surface area contributed by atoms with Gasteiger partial charge in [-0.25, -0.2) is 0 Å².